The van der Waals surface area contributed by atoms with Crippen molar-refractivity contribution in [1.82, 2.24) is 16.0 Å². The smallest absolute Gasteiger partial charge is 0.408 e. The van der Waals surface area contributed by atoms with Gasteiger partial charge in [0.25, 0.3) is 10.1 Å². The van der Waals surface area contributed by atoms with Gasteiger partial charge in [-0.25, -0.2) is 4.79 Å². The Morgan fingerprint density at radius 2 is 1.25 bits per heavy atom. The zero-order valence-electron chi connectivity index (χ0n) is 32.5. The summed E-state index contributed by atoms with van der Waals surface area (Å²) in [6.07, 6.45) is 0.369. The predicted molar refractivity (Wildman–Crippen MR) is 217 cm³/mol. The molecule has 0 aliphatic rings. The van der Waals surface area contributed by atoms with E-state index in [9.17, 15) is 32.1 Å². The van der Waals surface area contributed by atoms with Crippen LogP contribution in [0.4, 0.5) is 4.79 Å². The van der Waals surface area contributed by atoms with Gasteiger partial charge < -0.3 is 30.2 Å². The molecule has 0 saturated carbocycles. The van der Waals surface area contributed by atoms with E-state index in [1.807, 2.05) is 97.9 Å². The summed E-state index contributed by atoms with van der Waals surface area (Å²) in [7, 11) is -4.72. The summed E-state index contributed by atoms with van der Waals surface area (Å²) in [6, 6.07) is 26.2. The molecule has 3 rings (SSSR count). The van der Waals surface area contributed by atoms with Crippen LogP contribution in [0.1, 0.15) is 70.1 Å². The van der Waals surface area contributed by atoms with Gasteiger partial charge in [-0.1, -0.05) is 97.9 Å². The van der Waals surface area contributed by atoms with Crippen molar-refractivity contribution >= 4 is 45.6 Å². The van der Waals surface area contributed by atoms with Crippen LogP contribution < -0.4 is 16.0 Å². The van der Waals surface area contributed by atoms with Crippen LogP contribution in [-0.4, -0.2) is 98.8 Å². The fraction of sp³-hybridized carbons (Fsp3) is 0.463. The number of ether oxygens (including phenoxy) is 3. The van der Waals surface area contributed by atoms with Crippen molar-refractivity contribution in [2.45, 2.75) is 75.8 Å². The second-order valence-electron chi connectivity index (χ2n) is 14.0. The first-order valence-corrected chi connectivity index (χ1v) is 21.2. The summed E-state index contributed by atoms with van der Waals surface area (Å²) in [5.41, 5.74) is 1.82. The number of nitrogens with one attached hydrogen (secondary N) is 3. The van der Waals surface area contributed by atoms with Gasteiger partial charge >= 0.3 is 6.09 Å². The van der Waals surface area contributed by atoms with E-state index in [-0.39, 0.29) is 44.3 Å². The lowest BCUT2D eigenvalue weighted by atomic mass is 9.84. The molecule has 0 bridgehead atoms. The first-order chi connectivity index (χ1) is 26.6. The molecule has 2 atom stereocenters. The number of hydrogen-bond acceptors (Lipinski definition) is 10. The van der Waals surface area contributed by atoms with Gasteiger partial charge in [-0.2, -0.15) is 8.42 Å². The molecule has 3 aromatic rings. The van der Waals surface area contributed by atoms with Crippen LogP contribution in [0, 0.1) is 0 Å². The van der Waals surface area contributed by atoms with E-state index in [4.69, 9.17) is 14.2 Å². The zero-order valence-corrected chi connectivity index (χ0v) is 34.2. The van der Waals surface area contributed by atoms with Crippen molar-refractivity contribution in [3.05, 3.63) is 108 Å². The number of thioether (sulfide) groups is 1. The van der Waals surface area contributed by atoms with E-state index in [1.165, 1.54) is 11.8 Å². The third kappa shape index (κ3) is 16.1. The molecule has 0 saturated heterocycles. The molecule has 56 heavy (non-hydrogen) atoms. The Bertz CT molecular complexity index is 1680. The van der Waals surface area contributed by atoms with Crippen molar-refractivity contribution in [3.8, 4) is 0 Å². The van der Waals surface area contributed by atoms with Crippen molar-refractivity contribution in [2.24, 2.45) is 0 Å². The fourth-order valence-corrected chi connectivity index (χ4v) is 7.98. The summed E-state index contributed by atoms with van der Waals surface area (Å²) in [5.74, 6) is -2.62. The fourth-order valence-electron chi connectivity index (χ4n) is 5.73. The quantitative estimate of drug-likeness (QED) is 0.0524. The summed E-state index contributed by atoms with van der Waals surface area (Å²) in [6.45, 7) is 8.30. The molecular formula is C41H55N3O10S2. The maximum absolute atomic E-state index is 14.1. The van der Waals surface area contributed by atoms with Gasteiger partial charge in [-0.05, 0) is 50.3 Å². The Labute approximate surface area is 334 Å². The number of rotatable bonds is 24. The first kappa shape index (κ1) is 46.1. The topological polar surface area (TPSA) is 186 Å². The predicted octanol–water partition coefficient (Wildman–Crippen LogP) is 5.28. The molecule has 13 nitrogen and oxygen atoms in total. The molecule has 0 fully saturated rings. The highest BCUT2D eigenvalue weighted by atomic mass is 32.2. The highest BCUT2D eigenvalue weighted by Gasteiger charge is 2.39. The molecular weight excluding hydrogens is 759 g/mol. The molecule has 0 aromatic heterocycles. The van der Waals surface area contributed by atoms with Crippen LogP contribution in [-0.2, 0) is 43.5 Å². The monoisotopic (exact) mass is 813 g/mol. The van der Waals surface area contributed by atoms with Gasteiger partial charge in [-0.15, -0.1) is 11.8 Å². The van der Waals surface area contributed by atoms with Crippen LogP contribution in [0.3, 0.4) is 0 Å². The second-order valence-corrected chi connectivity index (χ2v) is 16.7. The molecule has 0 heterocycles. The summed E-state index contributed by atoms with van der Waals surface area (Å²) in [4.78, 5) is 52.1. The largest absolute Gasteiger partial charge is 0.444 e. The number of carbonyl (C=O) groups excluding carboxylic acids is 4. The lowest BCUT2D eigenvalue weighted by molar-refractivity contribution is -0.128. The number of Topliss-reactive ketones (excluding diaryl/α,β-unsaturated/α-hetero) is 1. The van der Waals surface area contributed by atoms with Gasteiger partial charge in [0.2, 0.25) is 11.8 Å². The normalized spacial score (nSPS) is 12.9. The molecule has 0 radical (unpaired) electrons. The number of ketones is 1. The lowest BCUT2D eigenvalue weighted by Gasteiger charge is -2.36. The minimum Gasteiger partial charge on any atom is -0.444 e. The van der Waals surface area contributed by atoms with E-state index in [0.717, 1.165) is 23.1 Å². The average molecular weight is 814 g/mol. The maximum Gasteiger partial charge on any atom is 0.408 e. The Morgan fingerprint density at radius 1 is 0.732 bits per heavy atom. The number of amides is 3. The summed E-state index contributed by atoms with van der Waals surface area (Å²) >= 11 is 1.37. The highest BCUT2D eigenvalue weighted by Crippen LogP contribution is 2.48. The van der Waals surface area contributed by atoms with Crippen molar-refractivity contribution < 1.29 is 46.4 Å². The van der Waals surface area contributed by atoms with Crippen LogP contribution >= 0.6 is 11.8 Å². The van der Waals surface area contributed by atoms with Crippen LogP contribution in [0.25, 0.3) is 0 Å². The van der Waals surface area contributed by atoms with Crippen molar-refractivity contribution in [2.75, 3.05) is 44.5 Å². The van der Waals surface area contributed by atoms with E-state index >= 15 is 0 Å². The van der Waals surface area contributed by atoms with Gasteiger partial charge in [0.15, 0.2) is 5.78 Å². The Morgan fingerprint density at radius 3 is 1.73 bits per heavy atom. The first-order valence-electron chi connectivity index (χ1n) is 18.6. The second kappa shape index (κ2) is 23.1. The molecule has 4 N–H and O–H groups in total. The van der Waals surface area contributed by atoms with Gasteiger partial charge in [0.1, 0.15) is 23.4 Å². The van der Waals surface area contributed by atoms with Crippen LogP contribution in [0.5, 0.6) is 0 Å². The lowest BCUT2D eigenvalue weighted by Crippen LogP contribution is -2.55. The van der Waals surface area contributed by atoms with E-state index < -0.39 is 56.1 Å². The van der Waals surface area contributed by atoms with Gasteiger partial charge in [0.05, 0.1) is 24.6 Å². The third-order valence-electron chi connectivity index (χ3n) is 8.23. The summed E-state index contributed by atoms with van der Waals surface area (Å²) in [5, 5.41) is 7.87. The number of carbonyl (C=O) groups is 4. The Balaban J connectivity index is 1.78. The maximum atomic E-state index is 14.1. The van der Waals surface area contributed by atoms with Gasteiger partial charge in [-0.3, -0.25) is 18.9 Å². The number of benzene rings is 3. The van der Waals surface area contributed by atoms with E-state index in [2.05, 4.69) is 16.0 Å². The molecule has 0 unspecified atom stereocenters. The van der Waals surface area contributed by atoms with E-state index in [0.29, 0.717) is 19.6 Å². The molecule has 3 amide bonds. The number of alkyl carbamates (subject to hydrolysis) is 1. The SMILES string of the molecule is CCCC(=O)NCCOCCOCCCC(=O)[C@H](CS(=O)(=O)O)NC(=O)[C@H](CSC(c1ccccc1)(c1ccccc1)c1ccccc1)NC(=O)OC(C)(C)C. The van der Waals surface area contributed by atoms with Crippen molar-refractivity contribution in [1.29, 1.82) is 0 Å². The molecule has 0 spiro atoms. The third-order valence-corrected chi connectivity index (χ3v) is 10.6. The molecule has 0 aliphatic heterocycles. The number of hydrogen-bond donors (Lipinski definition) is 4. The molecule has 3 aromatic carbocycles. The Kier molecular flexibility index (Phi) is 19.0. The minimum absolute atomic E-state index is 0.0366. The van der Waals surface area contributed by atoms with Crippen molar-refractivity contribution in [3.63, 3.8) is 0 Å². The highest BCUT2D eigenvalue weighted by molar-refractivity contribution is 8.00. The molecule has 15 heteroatoms. The Hall–Kier alpha value is -4.28. The zero-order chi connectivity index (χ0) is 41.0. The minimum atomic E-state index is -4.72. The average Bonchev–Trinajstić information content (AvgIpc) is 3.15. The van der Waals surface area contributed by atoms with Crippen LogP contribution in [0.15, 0.2) is 91.0 Å². The summed E-state index contributed by atoms with van der Waals surface area (Å²) < 4.78 is 49.4. The van der Waals surface area contributed by atoms with Gasteiger partial charge in [0, 0.05) is 31.7 Å². The molecule has 0 aliphatic carbocycles. The standard InChI is InChI=1S/C41H55N3O10S2/c1-5-16-37(46)42-24-26-53-28-27-52-25-15-23-36(45)35(30-56(49,50)51)43-38(47)34(44-39(48)54-40(2,3)4)29-55-41(31-17-9-6-10-18-31,32-19-11-7-12-20-32)33-21-13-8-14-22-33/h6-14,17-22,34-35H,5,15-16,23-30H2,1-4H3,(H,42,46)(H,43,47)(H,44,48)(H,49,50,51)/t34-,35-/m0/s1. The van der Waals surface area contributed by atoms with Crippen LogP contribution in [0.2, 0.25) is 0 Å². The van der Waals surface area contributed by atoms with E-state index in [1.54, 1.807) is 20.8 Å². The molecule has 306 valence electrons.